The molecule has 7 nitrogen and oxygen atoms in total. The summed E-state index contributed by atoms with van der Waals surface area (Å²) in [7, 11) is -4.33. The van der Waals surface area contributed by atoms with E-state index < -0.39 is 39.5 Å². The molecule has 0 saturated carbocycles. The minimum absolute atomic E-state index is 0.115. The first-order valence-electron chi connectivity index (χ1n) is 8.03. The molecule has 1 amide bonds. The Labute approximate surface area is 164 Å². The number of amides is 1. The van der Waals surface area contributed by atoms with Gasteiger partial charge in [-0.25, -0.2) is 18.9 Å². The van der Waals surface area contributed by atoms with Crippen LogP contribution in [0.25, 0.3) is 11.1 Å². The number of hydrogen-bond acceptors (Lipinski definition) is 5. The van der Waals surface area contributed by atoms with Gasteiger partial charge in [-0.3, -0.25) is 4.72 Å². The zero-order chi connectivity index (χ0) is 22.0. The molecule has 1 heterocycles. The molecule has 0 saturated heterocycles. The van der Waals surface area contributed by atoms with Crippen molar-refractivity contribution in [3.8, 4) is 11.1 Å². The summed E-state index contributed by atoms with van der Waals surface area (Å²) in [5, 5.41) is 0. The van der Waals surface area contributed by atoms with Crippen molar-refractivity contribution in [2.24, 2.45) is 0 Å². The van der Waals surface area contributed by atoms with E-state index in [9.17, 15) is 30.8 Å². The fourth-order valence-corrected chi connectivity index (χ4v) is 2.83. The zero-order valence-electron chi connectivity index (χ0n) is 15.5. The van der Waals surface area contributed by atoms with Crippen LogP contribution in [0.15, 0.2) is 36.5 Å². The van der Waals surface area contributed by atoms with Gasteiger partial charge in [-0.2, -0.15) is 21.6 Å². The van der Waals surface area contributed by atoms with Crippen LogP contribution in [0.3, 0.4) is 0 Å². The summed E-state index contributed by atoms with van der Waals surface area (Å²) in [4.78, 5) is 15.3. The van der Waals surface area contributed by atoms with Gasteiger partial charge in [0.05, 0.1) is 5.56 Å². The molecule has 158 valence electrons. The van der Waals surface area contributed by atoms with Gasteiger partial charge in [0, 0.05) is 11.8 Å². The molecule has 0 unspecified atom stereocenters. The van der Waals surface area contributed by atoms with E-state index >= 15 is 0 Å². The molecule has 0 aliphatic carbocycles. The van der Waals surface area contributed by atoms with Gasteiger partial charge in [0.25, 0.3) is 0 Å². The maximum absolute atomic E-state index is 13.7. The zero-order valence-corrected chi connectivity index (χ0v) is 16.3. The Bertz CT molecular complexity index is 1000. The number of rotatable bonds is 4. The number of carbonyl (C=O) groups excluding carboxylic acids is 1. The maximum atomic E-state index is 13.7. The van der Waals surface area contributed by atoms with Crippen LogP contribution in [0.1, 0.15) is 26.3 Å². The molecule has 1 aromatic carbocycles. The molecular formula is C17H17F4N3O4S. The molecule has 0 bridgehead atoms. The monoisotopic (exact) mass is 435 g/mol. The standard InChI is InChI=1S/C17H17F4N3O4S/c1-16(2,3)28-15(25)24-29(26,27)23-14-7-5-11(9-22-14)10-4-6-12(13(18)8-10)17(19,20)21/h4-9H,1-3H3,(H,22,23)(H,24,25). The lowest BCUT2D eigenvalue weighted by Crippen LogP contribution is -2.39. The second kappa shape index (κ2) is 7.85. The number of carbonyl (C=O) groups is 1. The van der Waals surface area contributed by atoms with Gasteiger partial charge in [0.15, 0.2) is 0 Å². The van der Waals surface area contributed by atoms with Crippen LogP contribution in [0.4, 0.5) is 28.2 Å². The molecule has 0 radical (unpaired) electrons. The van der Waals surface area contributed by atoms with Crippen molar-refractivity contribution in [3.05, 3.63) is 47.9 Å². The summed E-state index contributed by atoms with van der Waals surface area (Å²) in [6.45, 7) is 4.66. The maximum Gasteiger partial charge on any atom is 0.422 e. The normalized spacial score (nSPS) is 12.4. The first-order valence-corrected chi connectivity index (χ1v) is 9.51. The summed E-state index contributed by atoms with van der Waals surface area (Å²) in [5.74, 6) is -1.63. The molecule has 29 heavy (non-hydrogen) atoms. The third kappa shape index (κ3) is 6.59. The number of ether oxygens (including phenoxy) is 1. The summed E-state index contributed by atoms with van der Waals surface area (Å²) in [6, 6.07) is 4.89. The molecule has 0 aliphatic heterocycles. The highest BCUT2D eigenvalue weighted by Gasteiger charge is 2.34. The van der Waals surface area contributed by atoms with Crippen LogP contribution in [-0.2, 0) is 21.1 Å². The molecule has 0 aliphatic rings. The molecule has 0 atom stereocenters. The lowest BCUT2D eigenvalue weighted by molar-refractivity contribution is -0.139. The van der Waals surface area contributed by atoms with Gasteiger partial charge < -0.3 is 4.74 Å². The number of anilines is 1. The number of alkyl halides is 3. The minimum atomic E-state index is -4.82. The van der Waals surface area contributed by atoms with Crippen LogP contribution in [-0.4, -0.2) is 25.1 Å². The van der Waals surface area contributed by atoms with E-state index in [-0.39, 0.29) is 16.9 Å². The Morgan fingerprint density at radius 1 is 1.07 bits per heavy atom. The van der Waals surface area contributed by atoms with Crippen molar-refractivity contribution in [2.45, 2.75) is 32.5 Å². The average molecular weight is 435 g/mol. The van der Waals surface area contributed by atoms with Gasteiger partial charge >= 0.3 is 22.5 Å². The molecule has 2 aromatic rings. The number of hydrogen-bond donors (Lipinski definition) is 2. The minimum Gasteiger partial charge on any atom is -0.443 e. The molecule has 0 fully saturated rings. The fraction of sp³-hybridized carbons (Fsp3) is 0.294. The third-order valence-electron chi connectivity index (χ3n) is 3.23. The highest BCUT2D eigenvalue weighted by Crippen LogP contribution is 2.33. The highest BCUT2D eigenvalue weighted by atomic mass is 32.2. The van der Waals surface area contributed by atoms with Gasteiger partial charge in [-0.1, -0.05) is 6.07 Å². The number of benzene rings is 1. The topological polar surface area (TPSA) is 97.4 Å². The second-order valence-corrected chi connectivity index (χ2v) is 8.25. The van der Waals surface area contributed by atoms with Gasteiger partial charge in [-0.15, -0.1) is 0 Å². The van der Waals surface area contributed by atoms with E-state index in [1.807, 2.05) is 4.72 Å². The van der Waals surface area contributed by atoms with Crippen LogP contribution >= 0.6 is 0 Å². The number of nitrogens with one attached hydrogen (secondary N) is 2. The highest BCUT2D eigenvalue weighted by molar-refractivity contribution is 7.91. The molecule has 2 N–H and O–H groups in total. The predicted molar refractivity (Wildman–Crippen MR) is 96.5 cm³/mol. The number of aromatic nitrogens is 1. The van der Waals surface area contributed by atoms with Crippen molar-refractivity contribution in [1.82, 2.24) is 9.71 Å². The Balaban J connectivity index is 2.12. The number of halogens is 4. The largest absolute Gasteiger partial charge is 0.443 e. The van der Waals surface area contributed by atoms with Crippen molar-refractivity contribution in [1.29, 1.82) is 0 Å². The van der Waals surface area contributed by atoms with E-state index in [1.165, 1.54) is 12.1 Å². The van der Waals surface area contributed by atoms with Crippen LogP contribution in [0.2, 0.25) is 0 Å². The van der Waals surface area contributed by atoms with E-state index in [2.05, 4.69) is 4.98 Å². The molecule has 2 rings (SSSR count). The van der Waals surface area contributed by atoms with Crippen LogP contribution < -0.4 is 9.44 Å². The predicted octanol–water partition coefficient (Wildman–Crippen LogP) is 4.09. The Morgan fingerprint density at radius 2 is 1.69 bits per heavy atom. The summed E-state index contributed by atoms with van der Waals surface area (Å²) < 4.78 is 83.8. The Kier molecular flexibility index (Phi) is 6.07. The quantitative estimate of drug-likeness (QED) is 0.705. The molecule has 12 heteroatoms. The van der Waals surface area contributed by atoms with Gasteiger partial charge in [-0.05, 0) is 50.6 Å². The van der Waals surface area contributed by atoms with E-state index in [0.717, 1.165) is 12.3 Å². The van der Waals surface area contributed by atoms with Crippen LogP contribution in [0.5, 0.6) is 0 Å². The first-order chi connectivity index (χ1) is 13.2. The lowest BCUT2D eigenvalue weighted by atomic mass is 10.0. The smallest absolute Gasteiger partial charge is 0.422 e. The van der Waals surface area contributed by atoms with Gasteiger partial charge in [0.2, 0.25) is 0 Å². The average Bonchev–Trinajstić information content (AvgIpc) is 2.51. The van der Waals surface area contributed by atoms with Crippen LogP contribution in [0, 0.1) is 5.82 Å². The van der Waals surface area contributed by atoms with E-state index in [0.29, 0.717) is 12.1 Å². The summed E-state index contributed by atoms with van der Waals surface area (Å²) >= 11 is 0. The summed E-state index contributed by atoms with van der Waals surface area (Å²) in [5.41, 5.74) is -1.94. The molecular weight excluding hydrogens is 418 g/mol. The molecule has 0 spiro atoms. The van der Waals surface area contributed by atoms with E-state index in [4.69, 9.17) is 4.74 Å². The Morgan fingerprint density at radius 3 is 2.17 bits per heavy atom. The molecule has 1 aromatic heterocycles. The number of pyridine rings is 1. The summed E-state index contributed by atoms with van der Waals surface area (Å²) in [6.07, 6.45) is -4.88. The van der Waals surface area contributed by atoms with E-state index in [1.54, 1.807) is 25.5 Å². The van der Waals surface area contributed by atoms with Gasteiger partial charge in [0.1, 0.15) is 17.2 Å². The third-order valence-corrected chi connectivity index (χ3v) is 4.14. The first kappa shape index (κ1) is 22.4. The second-order valence-electron chi connectivity index (χ2n) is 6.83. The van der Waals surface area contributed by atoms with Crippen molar-refractivity contribution >= 4 is 22.1 Å². The number of nitrogens with zero attached hydrogens (tertiary/aromatic N) is 1. The fourth-order valence-electron chi connectivity index (χ4n) is 2.12. The SMILES string of the molecule is CC(C)(C)OC(=O)NS(=O)(=O)Nc1ccc(-c2ccc(C(F)(F)F)c(F)c2)cn1. The lowest BCUT2D eigenvalue weighted by Gasteiger charge is -2.19. The van der Waals surface area contributed by atoms with Crippen molar-refractivity contribution in [2.75, 3.05) is 4.72 Å². The Hall–Kier alpha value is -2.89. The van der Waals surface area contributed by atoms with Crippen molar-refractivity contribution < 1.29 is 35.5 Å². The van der Waals surface area contributed by atoms with Crippen molar-refractivity contribution in [3.63, 3.8) is 0 Å².